The van der Waals surface area contributed by atoms with Crippen molar-refractivity contribution in [1.82, 2.24) is 4.57 Å². The average Bonchev–Trinajstić information content (AvgIpc) is 2.34. The second kappa shape index (κ2) is 4.16. The highest BCUT2D eigenvalue weighted by atomic mass is 35.5. The minimum absolute atomic E-state index is 0. The van der Waals surface area contributed by atoms with Gasteiger partial charge in [-0.2, -0.15) is 0 Å². The molecule has 0 saturated heterocycles. The maximum Gasteiger partial charge on any atom is 0.192 e. The lowest BCUT2D eigenvalue weighted by atomic mass is 10.3. The van der Waals surface area contributed by atoms with Crippen LogP contribution in [0, 0.1) is 0 Å². The molecule has 1 aromatic heterocycles. The largest absolute Gasteiger partial charge is 0.348 e. The van der Waals surface area contributed by atoms with Gasteiger partial charge in [0.2, 0.25) is 0 Å². The molecule has 0 spiro atoms. The Balaban J connectivity index is 0.000001000. The van der Waals surface area contributed by atoms with Crippen LogP contribution in [0.4, 0.5) is 0 Å². The van der Waals surface area contributed by atoms with Crippen molar-refractivity contribution in [3.8, 4) is 0 Å². The van der Waals surface area contributed by atoms with Gasteiger partial charge in [0.1, 0.15) is 0 Å². The Kier molecular flexibility index (Phi) is 3.85. The molecule has 0 radical (unpaired) electrons. The molecule has 0 atom stereocenters. The fourth-order valence-electron chi connectivity index (χ4n) is 0.855. The number of carbonyl (C=O) groups excluding carboxylic acids is 1. The summed E-state index contributed by atoms with van der Waals surface area (Å²) in [7, 11) is 1.82. The van der Waals surface area contributed by atoms with E-state index in [0.29, 0.717) is 5.69 Å². The minimum Gasteiger partial charge on any atom is -0.348 e. The summed E-state index contributed by atoms with van der Waals surface area (Å²) in [6, 6.07) is 3.58. The van der Waals surface area contributed by atoms with Crippen molar-refractivity contribution in [3.05, 3.63) is 24.0 Å². The lowest BCUT2D eigenvalue weighted by Gasteiger charge is -1.97. The number of rotatable bonds is 2. The molecule has 0 amide bonds. The summed E-state index contributed by atoms with van der Waals surface area (Å²) in [5.41, 5.74) is 5.84. The molecule has 1 heterocycles. The lowest BCUT2D eigenvalue weighted by Crippen LogP contribution is -2.16. The van der Waals surface area contributed by atoms with Crippen LogP contribution in [0.2, 0.25) is 0 Å². The smallest absolute Gasteiger partial charge is 0.192 e. The number of nitrogens with two attached hydrogens (primary N) is 1. The molecule has 62 valence electrons. The van der Waals surface area contributed by atoms with Gasteiger partial charge in [0.05, 0.1) is 12.2 Å². The van der Waals surface area contributed by atoms with Gasteiger partial charge in [0, 0.05) is 13.2 Å². The summed E-state index contributed by atoms with van der Waals surface area (Å²) in [5.74, 6) is -0.0208. The minimum atomic E-state index is -0.0208. The van der Waals surface area contributed by atoms with Crippen LogP contribution < -0.4 is 5.73 Å². The molecule has 1 aromatic rings. The van der Waals surface area contributed by atoms with Crippen LogP contribution in [0.3, 0.4) is 0 Å². The van der Waals surface area contributed by atoms with Gasteiger partial charge in [-0.1, -0.05) is 0 Å². The SMILES string of the molecule is Cl.Cn1cccc1C(=O)CN. The fraction of sp³-hybridized carbons (Fsp3) is 0.286. The Labute approximate surface area is 71.6 Å². The zero-order valence-electron chi connectivity index (χ0n) is 6.28. The molecule has 1 rings (SSSR count). The number of hydrogen-bond donors (Lipinski definition) is 1. The van der Waals surface area contributed by atoms with Crippen LogP contribution in [-0.2, 0) is 7.05 Å². The molecule has 0 aliphatic rings. The van der Waals surface area contributed by atoms with E-state index in [-0.39, 0.29) is 24.7 Å². The molecule has 2 N–H and O–H groups in total. The van der Waals surface area contributed by atoms with E-state index < -0.39 is 0 Å². The first-order valence-electron chi connectivity index (χ1n) is 3.10. The van der Waals surface area contributed by atoms with Crippen molar-refractivity contribution in [2.75, 3.05) is 6.54 Å². The van der Waals surface area contributed by atoms with Gasteiger partial charge < -0.3 is 10.3 Å². The topological polar surface area (TPSA) is 48.0 Å². The van der Waals surface area contributed by atoms with E-state index in [0.717, 1.165) is 0 Å². The molecule has 0 bridgehead atoms. The van der Waals surface area contributed by atoms with Gasteiger partial charge in [-0.25, -0.2) is 0 Å². The molecule has 0 unspecified atom stereocenters. The van der Waals surface area contributed by atoms with Crippen molar-refractivity contribution in [2.24, 2.45) is 12.8 Å². The van der Waals surface area contributed by atoms with Crippen LogP contribution in [0.5, 0.6) is 0 Å². The zero-order valence-corrected chi connectivity index (χ0v) is 7.10. The summed E-state index contributed by atoms with van der Waals surface area (Å²) in [6.45, 7) is 0.0812. The van der Waals surface area contributed by atoms with Crippen molar-refractivity contribution < 1.29 is 4.79 Å². The first-order chi connectivity index (χ1) is 4.75. The van der Waals surface area contributed by atoms with E-state index >= 15 is 0 Å². The normalized spacial score (nSPS) is 8.91. The summed E-state index contributed by atoms with van der Waals surface area (Å²) < 4.78 is 1.76. The molecule has 0 aliphatic carbocycles. The second-order valence-corrected chi connectivity index (χ2v) is 2.13. The van der Waals surface area contributed by atoms with Crippen LogP contribution in [0.15, 0.2) is 18.3 Å². The van der Waals surface area contributed by atoms with E-state index in [9.17, 15) is 4.79 Å². The molecule has 0 aliphatic heterocycles. The van der Waals surface area contributed by atoms with E-state index in [1.165, 1.54) is 0 Å². The third-order valence-corrected chi connectivity index (χ3v) is 1.41. The molecular formula is C7H11ClN2O. The van der Waals surface area contributed by atoms with Gasteiger partial charge in [-0.3, -0.25) is 4.79 Å². The third-order valence-electron chi connectivity index (χ3n) is 1.41. The molecule has 4 heteroatoms. The van der Waals surface area contributed by atoms with Crippen molar-refractivity contribution >= 4 is 18.2 Å². The average molecular weight is 175 g/mol. The summed E-state index contributed by atoms with van der Waals surface area (Å²) in [6.07, 6.45) is 1.82. The van der Waals surface area contributed by atoms with E-state index in [4.69, 9.17) is 5.73 Å². The Hall–Kier alpha value is -0.800. The van der Waals surface area contributed by atoms with Crippen LogP contribution in [0.1, 0.15) is 10.5 Å². The second-order valence-electron chi connectivity index (χ2n) is 2.13. The number of aromatic nitrogens is 1. The Morgan fingerprint density at radius 3 is 2.73 bits per heavy atom. The summed E-state index contributed by atoms with van der Waals surface area (Å²) in [4.78, 5) is 10.9. The number of halogens is 1. The van der Waals surface area contributed by atoms with Crippen LogP contribution in [-0.4, -0.2) is 16.9 Å². The van der Waals surface area contributed by atoms with Crippen molar-refractivity contribution in [1.29, 1.82) is 0 Å². The molecule has 3 nitrogen and oxygen atoms in total. The summed E-state index contributed by atoms with van der Waals surface area (Å²) in [5, 5.41) is 0. The standard InChI is InChI=1S/C7H10N2O.ClH/c1-9-4-2-3-6(9)7(10)5-8;/h2-4H,5,8H2,1H3;1H. The number of Topliss-reactive ketones (excluding diaryl/α,β-unsaturated/α-hetero) is 1. The maximum atomic E-state index is 10.9. The predicted molar refractivity (Wildman–Crippen MR) is 46.0 cm³/mol. The first-order valence-corrected chi connectivity index (χ1v) is 3.10. The quantitative estimate of drug-likeness (QED) is 0.668. The molecule has 0 saturated carbocycles. The predicted octanol–water partition coefficient (Wildman–Crippen LogP) is 0.588. The number of nitrogens with zero attached hydrogens (tertiary/aromatic N) is 1. The zero-order chi connectivity index (χ0) is 7.56. The summed E-state index contributed by atoms with van der Waals surface area (Å²) >= 11 is 0. The highest BCUT2D eigenvalue weighted by molar-refractivity contribution is 5.96. The van der Waals surface area contributed by atoms with E-state index in [1.807, 2.05) is 19.3 Å². The van der Waals surface area contributed by atoms with Gasteiger partial charge in [0.15, 0.2) is 5.78 Å². The van der Waals surface area contributed by atoms with Crippen LogP contribution >= 0.6 is 12.4 Å². The van der Waals surface area contributed by atoms with Crippen LogP contribution in [0.25, 0.3) is 0 Å². The van der Waals surface area contributed by atoms with Gasteiger partial charge in [0.25, 0.3) is 0 Å². The highest BCUT2D eigenvalue weighted by Gasteiger charge is 2.04. The van der Waals surface area contributed by atoms with E-state index in [2.05, 4.69) is 0 Å². The van der Waals surface area contributed by atoms with Gasteiger partial charge in [-0.05, 0) is 12.1 Å². The monoisotopic (exact) mass is 174 g/mol. The van der Waals surface area contributed by atoms with E-state index in [1.54, 1.807) is 10.6 Å². The number of carbonyl (C=O) groups is 1. The molecule has 0 fully saturated rings. The van der Waals surface area contributed by atoms with Gasteiger partial charge in [-0.15, -0.1) is 12.4 Å². The fourth-order valence-corrected chi connectivity index (χ4v) is 0.855. The molecule has 0 aromatic carbocycles. The van der Waals surface area contributed by atoms with Gasteiger partial charge >= 0.3 is 0 Å². The third kappa shape index (κ3) is 2.06. The van der Waals surface area contributed by atoms with Crippen molar-refractivity contribution in [3.63, 3.8) is 0 Å². The Morgan fingerprint density at radius 2 is 2.36 bits per heavy atom. The number of ketones is 1. The maximum absolute atomic E-state index is 10.9. The lowest BCUT2D eigenvalue weighted by molar-refractivity contribution is 0.0994. The van der Waals surface area contributed by atoms with Crippen molar-refractivity contribution in [2.45, 2.75) is 0 Å². The number of aryl methyl sites for hydroxylation is 1. The molecular weight excluding hydrogens is 164 g/mol. The molecule has 11 heavy (non-hydrogen) atoms. The highest BCUT2D eigenvalue weighted by Crippen LogP contribution is 1.98. The number of hydrogen-bond acceptors (Lipinski definition) is 2. The first kappa shape index (κ1) is 10.2. The Bertz CT molecular complexity index is 244. The Morgan fingerprint density at radius 1 is 1.73 bits per heavy atom.